The van der Waals surface area contributed by atoms with Crippen molar-refractivity contribution >= 4 is 10.9 Å². The zero-order valence-electron chi connectivity index (χ0n) is 10.7. The summed E-state index contributed by atoms with van der Waals surface area (Å²) in [5.41, 5.74) is 2.20. The van der Waals surface area contributed by atoms with Crippen LogP contribution in [-0.2, 0) is 16.0 Å². The zero-order chi connectivity index (χ0) is 12.7. The summed E-state index contributed by atoms with van der Waals surface area (Å²) >= 11 is 0. The van der Waals surface area contributed by atoms with E-state index in [9.17, 15) is 0 Å². The van der Waals surface area contributed by atoms with Crippen molar-refractivity contribution in [2.24, 2.45) is 0 Å². The molecule has 2 aromatic rings. The van der Waals surface area contributed by atoms with Crippen LogP contribution in [0, 0.1) is 0 Å². The maximum absolute atomic E-state index is 5.98. The third-order valence-corrected chi connectivity index (χ3v) is 3.85. The second kappa shape index (κ2) is 4.59. The molecule has 5 heteroatoms. The zero-order valence-corrected chi connectivity index (χ0v) is 10.7. The first-order valence-electron chi connectivity index (χ1n) is 6.83. The number of nitrogens with one attached hydrogen (secondary N) is 1. The van der Waals surface area contributed by atoms with Gasteiger partial charge in [0.15, 0.2) is 0 Å². The summed E-state index contributed by atoms with van der Waals surface area (Å²) in [4.78, 5) is 0. The van der Waals surface area contributed by atoms with Crippen LogP contribution in [0.2, 0.25) is 0 Å². The van der Waals surface area contributed by atoms with E-state index in [1.807, 2.05) is 6.07 Å². The highest BCUT2D eigenvalue weighted by molar-refractivity contribution is 5.82. The first kappa shape index (κ1) is 11.4. The fourth-order valence-corrected chi connectivity index (χ4v) is 2.98. The highest BCUT2D eigenvalue weighted by atomic mass is 16.5. The third kappa shape index (κ3) is 1.85. The van der Waals surface area contributed by atoms with Gasteiger partial charge in [-0.3, -0.25) is 4.68 Å². The summed E-state index contributed by atoms with van der Waals surface area (Å²) in [6.07, 6.45) is 0.0573. The minimum absolute atomic E-state index is 0.0195. The van der Waals surface area contributed by atoms with E-state index in [0.717, 1.165) is 37.5 Å². The summed E-state index contributed by atoms with van der Waals surface area (Å²) in [5, 5.41) is 9.21. The van der Waals surface area contributed by atoms with Crippen LogP contribution < -0.4 is 5.32 Å². The number of rotatable bonds is 1. The summed E-state index contributed by atoms with van der Waals surface area (Å²) in [6.45, 7) is 4.02. The molecule has 0 bridgehead atoms. The highest BCUT2D eigenvalue weighted by Crippen LogP contribution is 2.33. The van der Waals surface area contributed by atoms with Crippen LogP contribution in [0.3, 0.4) is 0 Å². The molecule has 2 aliphatic rings. The van der Waals surface area contributed by atoms with Crippen LogP contribution >= 0.6 is 0 Å². The van der Waals surface area contributed by atoms with Gasteiger partial charge in [0, 0.05) is 18.5 Å². The smallest absolute Gasteiger partial charge is 0.127 e. The predicted molar refractivity (Wildman–Crippen MR) is 71.0 cm³/mol. The van der Waals surface area contributed by atoms with Crippen LogP contribution in [0.15, 0.2) is 24.3 Å². The van der Waals surface area contributed by atoms with Crippen molar-refractivity contribution in [1.82, 2.24) is 15.1 Å². The van der Waals surface area contributed by atoms with Crippen molar-refractivity contribution in [3.63, 3.8) is 0 Å². The molecule has 1 unspecified atom stereocenters. The molecule has 1 aromatic carbocycles. The molecule has 2 atom stereocenters. The Labute approximate surface area is 111 Å². The number of hydrogen-bond acceptors (Lipinski definition) is 4. The Bertz CT molecular complexity index is 589. The Balaban J connectivity index is 1.80. The topological polar surface area (TPSA) is 48.3 Å². The van der Waals surface area contributed by atoms with Crippen molar-refractivity contribution in [2.75, 3.05) is 26.3 Å². The molecule has 1 aromatic heterocycles. The molecular weight excluding hydrogens is 242 g/mol. The molecule has 0 radical (unpaired) electrons. The van der Waals surface area contributed by atoms with E-state index in [-0.39, 0.29) is 12.2 Å². The number of nitrogens with zero attached hydrogens (tertiary/aromatic N) is 2. The van der Waals surface area contributed by atoms with E-state index >= 15 is 0 Å². The van der Waals surface area contributed by atoms with Gasteiger partial charge in [0.25, 0.3) is 0 Å². The Hall–Kier alpha value is -1.43. The van der Waals surface area contributed by atoms with Crippen molar-refractivity contribution in [3.8, 4) is 0 Å². The minimum atomic E-state index is -0.0195. The predicted octanol–water partition coefficient (Wildman–Crippen LogP) is 1.10. The lowest BCUT2D eigenvalue weighted by Crippen LogP contribution is -2.44. The molecule has 0 spiro atoms. The molecule has 0 aliphatic carbocycles. The maximum Gasteiger partial charge on any atom is 0.127 e. The van der Waals surface area contributed by atoms with Crippen LogP contribution in [0.4, 0.5) is 0 Å². The fourth-order valence-electron chi connectivity index (χ4n) is 2.98. The third-order valence-electron chi connectivity index (χ3n) is 3.85. The maximum atomic E-state index is 5.98. The molecule has 0 saturated carbocycles. The van der Waals surface area contributed by atoms with Gasteiger partial charge in [0.05, 0.1) is 31.0 Å². The van der Waals surface area contributed by atoms with Crippen LogP contribution in [-0.4, -0.2) is 42.2 Å². The number of benzene rings is 1. The van der Waals surface area contributed by atoms with Gasteiger partial charge in [0.2, 0.25) is 0 Å². The number of morpholine rings is 1. The molecule has 4 rings (SSSR count). The molecular formula is C14H17N3O2. The van der Waals surface area contributed by atoms with E-state index < -0.39 is 0 Å². The van der Waals surface area contributed by atoms with E-state index in [1.54, 1.807) is 0 Å². The molecule has 2 aliphatic heterocycles. The lowest BCUT2D eigenvalue weighted by atomic mass is 10.0. The Morgan fingerprint density at radius 3 is 3.05 bits per heavy atom. The lowest BCUT2D eigenvalue weighted by molar-refractivity contribution is -0.101. The summed E-state index contributed by atoms with van der Waals surface area (Å²) < 4.78 is 13.9. The van der Waals surface area contributed by atoms with E-state index in [0.29, 0.717) is 6.61 Å². The van der Waals surface area contributed by atoms with Crippen LogP contribution in [0.25, 0.3) is 10.9 Å². The lowest BCUT2D eigenvalue weighted by Gasteiger charge is -2.33. The van der Waals surface area contributed by atoms with Gasteiger partial charge in [-0.25, -0.2) is 0 Å². The van der Waals surface area contributed by atoms with Gasteiger partial charge in [0.1, 0.15) is 12.2 Å². The van der Waals surface area contributed by atoms with Crippen molar-refractivity contribution < 1.29 is 9.47 Å². The fraction of sp³-hybridized carbons (Fsp3) is 0.500. The van der Waals surface area contributed by atoms with Gasteiger partial charge in [-0.1, -0.05) is 18.2 Å². The molecule has 1 saturated heterocycles. The molecule has 5 nitrogen and oxygen atoms in total. The van der Waals surface area contributed by atoms with Crippen LogP contribution in [0.5, 0.6) is 0 Å². The van der Waals surface area contributed by atoms with E-state index in [1.165, 1.54) is 5.39 Å². The first-order valence-corrected chi connectivity index (χ1v) is 6.83. The number of fused-ring (bicyclic) bond motifs is 3. The summed E-state index contributed by atoms with van der Waals surface area (Å²) in [7, 11) is 0. The summed E-state index contributed by atoms with van der Waals surface area (Å²) in [5.74, 6) is 0. The molecule has 0 amide bonds. The van der Waals surface area contributed by atoms with Crippen LogP contribution in [0.1, 0.15) is 11.8 Å². The normalized spacial score (nSPS) is 27.4. The number of hydrogen-bond donors (Lipinski definition) is 1. The Kier molecular flexibility index (Phi) is 2.76. The van der Waals surface area contributed by atoms with Gasteiger partial charge in [-0.2, -0.15) is 5.10 Å². The second-order valence-corrected chi connectivity index (χ2v) is 5.03. The quantitative estimate of drug-likeness (QED) is 0.833. The van der Waals surface area contributed by atoms with Gasteiger partial charge in [-0.15, -0.1) is 0 Å². The summed E-state index contributed by atoms with van der Waals surface area (Å²) in [6, 6.07) is 8.25. The number of aromatic nitrogens is 2. The standard InChI is InChI=1S/C14H17N3O2/c1-2-4-11-10(3-1)13-14(12-9-15-5-7-18-12)19-8-6-17(13)16-11/h1-4,12,14-15H,5-9H2/t12-,14?/m1/s1. The molecule has 19 heavy (non-hydrogen) atoms. The van der Waals surface area contributed by atoms with Crippen molar-refractivity contribution in [3.05, 3.63) is 30.0 Å². The van der Waals surface area contributed by atoms with Crippen molar-refractivity contribution in [1.29, 1.82) is 0 Å². The van der Waals surface area contributed by atoms with Crippen molar-refractivity contribution in [2.45, 2.75) is 18.8 Å². The molecule has 100 valence electrons. The molecule has 1 fully saturated rings. The first-order chi connectivity index (χ1) is 9.43. The van der Waals surface area contributed by atoms with E-state index in [4.69, 9.17) is 9.47 Å². The van der Waals surface area contributed by atoms with E-state index in [2.05, 4.69) is 33.3 Å². The Morgan fingerprint density at radius 2 is 2.16 bits per heavy atom. The average molecular weight is 259 g/mol. The van der Waals surface area contributed by atoms with Gasteiger partial charge in [-0.05, 0) is 6.07 Å². The van der Waals surface area contributed by atoms with Gasteiger partial charge >= 0.3 is 0 Å². The molecule has 3 heterocycles. The Morgan fingerprint density at radius 1 is 1.21 bits per heavy atom. The molecule has 1 N–H and O–H groups in total. The minimum Gasteiger partial charge on any atom is -0.372 e. The average Bonchev–Trinajstić information content (AvgIpc) is 2.86. The monoisotopic (exact) mass is 259 g/mol. The largest absolute Gasteiger partial charge is 0.372 e. The highest BCUT2D eigenvalue weighted by Gasteiger charge is 2.33. The second-order valence-electron chi connectivity index (χ2n) is 5.03. The number of ether oxygens (including phenoxy) is 2. The SMILES string of the molecule is c1ccc2c3n(nc2c1)CCOC3[C@H]1CNCCO1. The van der Waals surface area contributed by atoms with Gasteiger partial charge < -0.3 is 14.8 Å².